The number of hydrogen-bond donors (Lipinski definition) is 1. The maximum atomic E-state index is 14.3. The molecule has 1 amide bonds. The van der Waals surface area contributed by atoms with Gasteiger partial charge in [0.1, 0.15) is 5.82 Å². The molecule has 3 heterocycles. The van der Waals surface area contributed by atoms with Gasteiger partial charge in [-0.2, -0.15) is 11.8 Å². The Hall–Kier alpha value is -1.73. The Balaban J connectivity index is 1.52. The predicted octanol–water partition coefficient (Wildman–Crippen LogP) is 2.55. The number of nitrogens with one attached hydrogen (secondary N) is 1. The fraction of sp³-hybridized carbons (Fsp3) is 0.471. The molecular formula is C17H18FN3O2S. The highest BCUT2D eigenvalue weighted by atomic mass is 32.2. The van der Waals surface area contributed by atoms with Gasteiger partial charge in [0.25, 0.3) is 5.91 Å². The highest BCUT2D eigenvalue weighted by Gasteiger charge is 2.40. The number of carbonyl (C=O) groups is 1. The molecule has 1 spiro atoms. The minimum atomic E-state index is -0.571. The molecule has 2 fully saturated rings. The van der Waals surface area contributed by atoms with E-state index in [0.29, 0.717) is 17.6 Å². The van der Waals surface area contributed by atoms with Crippen LogP contribution >= 0.6 is 11.8 Å². The summed E-state index contributed by atoms with van der Waals surface area (Å²) in [5.41, 5.74) is 0.859. The van der Waals surface area contributed by atoms with E-state index < -0.39 is 11.7 Å². The summed E-state index contributed by atoms with van der Waals surface area (Å²) >= 11 is 1.89. The Bertz CT molecular complexity index is 780. The zero-order chi connectivity index (χ0) is 16.6. The topological polar surface area (TPSA) is 64.1 Å². The second-order valence-electron chi connectivity index (χ2n) is 6.37. The Morgan fingerprint density at radius 3 is 2.88 bits per heavy atom. The molecule has 0 bridgehead atoms. The lowest BCUT2D eigenvalue weighted by atomic mass is 9.89. The smallest absolute Gasteiger partial charge is 0.254 e. The number of benzene rings is 1. The molecule has 2 saturated heterocycles. The number of ether oxygens (including phenoxy) is 1. The minimum Gasteiger partial charge on any atom is -0.374 e. The number of aromatic nitrogens is 2. The number of amides is 1. The van der Waals surface area contributed by atoms with E-state index >= 15 is 0 Å². The van der Waals surface area contributed by atoms with Crippen LogP contribution in [0.25, 0.3) is 11.0 Å². The Morgan fingerprint density at radius 1 is 1.33 bits per heavy atom. The quantitative estimate of drug-likeness (QED) is 0.904. The molecule has 1 N–H and O–H groups in total. The van der Waals surface area contributed by atoms with Gasteiger partial charge in [0.15, 0.2) is 0 Å². The van der Waals surface area contributed by atoms with Crippen LogP contribution in [0, 0.1) is 5.82 Å². The molecule has 1 aromatic heterocycles. The Labute approximate surface area is 143 Å². The maximum Gasteiger partial charge on any atom is 0.254 e. The predicted molar refractivity (Wildman–Crippen MR) is 90.6 cm³/mol. The van der Waals surface area contributed by atoms with Crippen molar-refractivity contribution < 1.29 is 13.9 Å². The molecule has 2 aromatic rings. The summed E-state index contributed by atoms with van der Waals surface area (Å²) in [4.78, 5) is 20.7. The van der Waals surface area contributed by atoms with Crippen molar-refractivity contribution >= 4 is 28.7 Å². The molecule has 2 aliphatic heterocycles. The van der Waals surface area contributed by atoms with Gasteiger partial charge in [0.2, 0.25) is 0 Å². The van der Waals surface area contributed by atoms with E-state index in [2.05, 4.69) is 15.3 Å². The largest absolute Gasteiger partial charge is 0.374 e. The molecule has 0 saturated carbocycles. The molecule has 1 aromatic carbocycles. The molecule has 24 heavy (non-hydrogen) atoms. The van der Waals surface area contributed by atoms with Crippen molar-refractivity contribution in [3.8, 4) is 0 Å². The summed E-state index contributed by atoms with van der Waals surface area (Å²) in [6.45, 7) is 0.636. The average Bonchev–Trinajstić information content (AvgIpc) is 3.01. The van der Waals surface area contributed by atoms with Crippen LogP contribution in [0.3, 0.4) is 0 Å². The molecule has 4 rings (SSSR count). The first kappa shape index (κ1) is 15.8. The first-order chi connectivity index (χ1) is 11.7. The fourth-order valence-electron chi connectivity index (χ4n) is 3.44. The second-order valence-corrected chi connectivity index (χ2v) is 7.48. The Morgan fingerprint density at radius 2 is 2.12 bits per heavy atom. The zero-order valence-electron chi connectivity index (χ0n) is 13.1. The normalized spacial score (nSPS) is 26.8. The lowest BCUT2D eigenvalue weighted by molar-refractivity contribution is -0.0688. The highest BCUT2D eigenvalue weighted by Crippen LogP contribution is 2.38. The van der Waals surface area contributed by atoms with Crippen LogP contribution in [0.1, 0.15) is 29.6 Å². The first-order valence-corrected chi connectivity index (χ1v) is 9.24. The standard InChI is InChI=1S/C17H18FN3O2S/c18-13-8-15-14(19-3-4-20-15)7-12(13)16(22)21-11-1-5-23-17(9-11)2-6-24-10-17/h3-4,7-8,11H,1-2,5-6,9-10H2,(H,21,22)/t11-,17+/m1/s1. The van der Waals surface area contributed by atoms with Crippen molar-refractivity contribution in [2.24, 2.45) is 0 Å². The van der Waals surface area contributed by atoms with Crippen molar-refractivity contribution in [2.75, 3.05) is 18.1 Å². The summed E-state index contributed by atoms with van der Waals surface area (Å²) in [6.07, 6.45) is 5.60. The maximum absolute atomic E-state index is 14.3. The van der Waals surface area contributed by atoms with Crippen LogP contribution in [0.5, 0.6) is 0 Å². The SMILES string of the molecule is O=C(N[C@@H]1CCO[C@@]2(CCSC2)C1)c1cc2nccnc2cc1F. The van der Waals surface area contributed by atoms with Crippen molar-refractivity contribution in [1.82, 2.24) is 15.3 Å². The summed E-state index contributed by atoms with van der Waals surface area (Å²) in [5.74, 6) is 1.10. The van der Waals surface area contributed by atoms with Gasteiger partial charge in [0, 0.05) is 36.9 Å². The first-order valence-electron chi connectivity index (χ1n) is 8.08. The number of thioether (sulfide) groups is 1. The fourth-order valence-corrected chi connectivity index (χ4v) is 4.82. The third-order valence-electron chi connectivity index (χ3n) is 4.70. The Kier molecular flexibility index (Phi) is 4.14. The van der Waals surface area contributed by atoms with Crippen LogP contribution in [-0.4, -0.2) is 45.6 Å². The van der Waals surface area contributed by atoms with E-state index in [-0.39, 0.29) is 17.2 Å². The molecule has 2 atom stereocenters. The third kappa shape index (κ3) is 2.98. The number of halogens is 1. The van der Waals surface area contributed by atoms with Crippen molar-refractivity contribution in [2.45, 2.75) is 30.9 Å². The van der Waals surface area contributed by atoms with E-state index in [1.807, 2.05) is 11.8 Å². The van der Waals surface area contributed by atoms with E-state index in [4.69, 9.17) is 4.74 Å². The number of carbonyl (C=O) groups excluding carboxylic acids is 1. The monoisotopic (exact) mass is 347 g/mol. The minimum absolute atomic E-state index is 0.0157. The third-order valence-corrected chi connectivity index (χ3v) is 5.92. The van der Waals surface area contributed by atoms with Gasteiger partial charge >= 0.3 is 0 Å². The van der Waals surface area contributed by atoms with Gasteiger partial charge in [-0.3, -0.25) is 14.8 Å². The number of nitrogens with zero attached hydrogens (tertiary/aromatic N) is 2. The van der Waals surface area contributed by atoms with Crippen molar-refractivity contribution in [3.63, 3.8) is 0 Å². The lowest BCUT2D eigenvalue weighted by Crippen LogP contribution is -2.48. The number of hydrogen-bond acceptors (Lipinski definition) is 5. The molecule has 7 heteroatoms. The van der Waals surface area contributed by atoms with Gasteiger partial charge in [-0.05, 0) is 31.1 Å². The van der Waals surface area contributed by atoms with Crippen LogP contribution in [0.4, 0.5) is 4.39 Å². The molecule has 0 unspecified atom stereocenters. The van der Waals surface area contributed by atoms with E-state index in [9.17, 15) is 9.18 Å². The number of rotatable bonds is 2. The van der Waals surface area contributed by atoms with E-state index in [1.165, 1.54) is 24.5 Å². The van der Waals surface area contributed by atoms with E-state index in [0.717, 1.165) is 30.8 Å². The molecule has 2 aliphatic rings. The molecular weight excluding hydrogens is 329 g/mol. The summed E-state index contributed by atoms with van der Waals surface area (Å²) < 4.78 is 20.2. The molecule has 0 radical (unpaired) electrons. The van der Waals surface area contributed by atoms with Crippen LogP contribution in [-0.2, 0) is 4.74 Å². The lowest BCUT2D eigenvalue weighted by Gasteiger charge is -2.38. The van der Waals surface area contributed by atoms with Gasteiger partial charge in [-0.15, -0.1) is 0 Å². The molecule has 0 aliphatic carbocycles. The van der Waals surface area contributed by atoms with Gasteiger partial charge in [0.05, 0.1) is 22.2 Å². The van der Waals surface area contributed by atoms with E-state index in [1.54, 1.807) is 0 Å². The van der Waals surface area contributed by atoms with Gasteiger partial charge < -0.3 is 10.1 Å². The summed E-state index contributed by atoms with van der Waals surface area (Å²) in [7, 11) is 0. The van der Waals surface area contributed by atoms with Crippen molar-refractivity contribution in [1.29, 1.82) is 0 Å². The second kappa shape index (κ2) is 6.29. The molecule has 5 nitrogen and oxygen atoms in total. The highest BCUT2D eigenvalue weighted by molar-refractivity contribution is 7.99. The summed E-state index contributed by atoms with van der Waals surface area (Å²) in [6, 6.07) is 2.74. The zero-order valence-corrected chi connectivity index (χ0v) is 13.9. The number of fused-ring (bicyclic) bond motifs is 1. The summed E-state index contributed by atoms with van der Waals surface area (Å²) in [5, 5.41) is 2.98. The van der Waals surface area contributed by atoms with Gasteiger partial charge in [-0.25, -0.2) is 4.39 Å². The van der Waals surface area contributed by atoms with Crippen molar-refractivity contribution in [3.05, 3.63) is 35.9 Å². The van der Waals surface area contributed by atoms with Crippen LogP contribution < -0.4 is 5.32 Å². The van der Waals surface area contributed by atoms with Crippen LogP contribution in [0.15, 0.2) is 24.5 Å². The average molecular weight is 347 g/mol. The van der Waals surface area contributed by atoms with Crippen LogP contribution in [0.2, 0.25) is 0 Å². The van der Waals surface area contributed by atoms with Gasteiger partial charge in [-0.1, -0.05) is 0 Å². The molecule has 126 valence electrons.